The molecular weight excluding hydrogens is 709 g/mol. The van der Waals surface area contributed by atoms with Crippen molar-refractivity contribution in [2.75, 3.05) is 0 Å². The maximum absolute atomic E-state index is 6.61. The molecule has 0 amide bonds. The van der Waals surface area contributed by atoms with Crippen LogP contribution in [0.2, 0.25) is 0 Å². The van der Waals surface area contributed by atoms with Gasteiger partial charge in [-0.15, -0.1) is 0 Å². The van der Waals surface area contributed by atoms with Gasteiger partial charge in [-0.05, 0) is 46.0 Å². The Bertz CT molecular complexity index is 3240. The van der Waals surface area contributed by atoms with Gasteiger partial charge in [0.25, 0.3) is 0 Å². The van der Waals surface area contributed by atoms with Crippen LogP contribution in [0, 0.1) is 0 Å². The minimum Gasteiger partial charge on any atom is -0.457 e. The lowest BCUT2D eigenvalue weighted by molar-refractivity contribution is 0.437. The number of ether oxygens (including phenoxy) is 1. The molecule has 5 heteroatoms. The lowest BCUT2D eigenvalue weighted by atomic mass is 9.65. The number of nitrogens with zero attached hydrogens (tertiary/aromatic N) is 4. The molecule has 0 saturated heterocycles. The quantitative estimate of drug-likeness (QED) is 0.180. The Hall–Kier alpha value is -7.76. The molecule has 2 aromatic heterocycles. The zero-order chi connectivity index (χ0) is 38.2. The third-order valence-electron chi connectivity index (χ3n) is 11.7. The molecule has 0 N–H and O–H groups in total. The van der Waals surface area contributed by atoms with Crippen LogP contribution in [-0.4, -0.2) is 19.9 Å². The average Bonchev–Trinajstić information content (AvgIpc) is 3.59. The van der Waals surface area contributed by atoms with Crippen molar-refractivity contribution in [3.8, 4) is 68.2 Å². The summed E-state index contributed by atoms with van der Waals surface area (Å²) in [6, 6.07) is 67.7. The van der Waals surface area contributed by atoms with Crippen LogP contribution in [0.3, 0.4) is 0 Å². The predicted octanol–water partition coefficient (Wildman–Crippen LogP) is 12.7. The van der Waals surface area contributed by atoms with Crippen molar-refractivity contribution in [3.05, 3.63) is 216 Å². The van der Waals surface area contributed by atoms with Gasteiger partial charge in [-0.2, -0.15) is 0 Å². The SMILES string of the molecule is c1ccc(-c2nc(-c3cccc(-c4nc5c(c6ccccc46)C4(c6ccccc6Oc6ccccc64)c4ccccc4-5)c3)nc(-c3ccc4ccccc4c3)n2)cc1. The molecule has 1 spiro atoms. The molecule has 2 aliphatic rings. The molecular formula is C53H32N4O. The van der Waals surface area contributed by atoms with Gasteiger partial charge in [0.05, 0.1) is 16.8 Å². The highest BCUT2D eigenvalue weighted by molar-refractivity contribution is 6.05. The number of benzene rings is 8. The standard InChI is InChI=1S/C53H32N4O/c1-2-16-34(17-3-1)50-55-51(57-52(56-50)38-30-29-33-15-4-5-18-35(33)31-38)37-20-14-19-36(32-37)48-40-22-7-6-21-39(40)47-49(54-48)41-23-8-9-24-42(41)53(47)43-25-10-12-27-45(43)58-46-28-13-11-26-44(46)53/h1-32H. The van der Waals surface area contributed by atoms with Gasteiger partial charge in [-0.1, -0.05) is 170 Å². The number of pyridine rings is 1. The van der Waals surface area contributed by atoms with Gasteiger partial charge in [0.2, 0.25) is 0 Å². The van der Waals surface area contributed by atoms with Crippen LogP contribution in [0.4, 0.5) is 0 Å². The molecule has 0 atom stereocenters. The zero-order valence-electron chi connectivity index (χ0n) is 31.2. The summed E-state index contributed by atoms with van der Waals surface area (Å²) < 4.78 is 6.61. The smallest absolute Gasteiger partial charge is 0.164 e. The number of rotatable bonds is 4. The summed E-state index contributed by atoms with van der Waals surface area (Å²) in [6.07, 6.45) is 0. The van der Waals surface area contributed by atoms with E-state index < -0.39 is 5.41 Å². The average molecular weight is 741 g/mol. The Balaban J connectivity index is 1.08. The van der Waals surface area contributed by atoms with Crippen molar-refractivity contribution in [1.82, 2.24) is 19.9 Å². The van der Waals surface area contributed by atoms with E-state index in [1.165, 1.54) is 16.5 Å². The highest BCUT2D eigenvalue weighted by Crippen LogP contribution is 2.63. The van der Waals surface area contributed by atoms with Gasteiger partial charge in [0.15, 0.2) is 17.5 Å². The van der Waals surface area contributed by atoms with Crippen molar-refractivity contribution < 1.29 is 4.74 Å². The molecule has 5 nitrogen and oxygen atoms in total. The van der Waals surface area contributed by atoms with Gasteiger partial charge in [0.1, 0.15) is 11.5 Å². The first kappa shape index (κ1) is 32.5. The summed E-state index contributed by atoms with van der Waals surface area (Å²) in [5, 5.41) is 4.53. The van der Waals surface area contributed by atoms with Crippen LogP contribution < -0.4 is 4.74 Å². The zero-order valence-corrected chi connectivity index (χ0v) is 31.2. The van der Waals surface area contributed by atoms with Crippen LogP contribution in [0.5, 0.6) is 11.5 Å². The Morgan fingerprint density at radius 3 is 1.66 bits per heavy atom. The van der Waals surface area contributed by atoms with Crippen molar-refractivity contribution in [2.24, 2.45) is 0 Å². The van der Waals surface area contributed by atoms with E-state index >= 15 is 0 Å². The Morgan fingerprint density at radius 1 is 0.345 bits per heavy atom. The van der Waals surface area contributed by atoms with Gasteiger partial charge < -0.3 is 4.74 Å². The molecule has 270 valence electrons. The van der Waals surface area contributed by atoms with E-state index in [2.05, 4.69) is 164 Å². The number of aromatic nitrogens is 4. The second-order valence-electron chi connectivity index (χ2n) is 14.9. The maximum Gasteiger partial charge on any atom is 0.164 e. The summed E-state index contributed by atoms with van der Waals surface area (Å²) in [6.45, 7) is 0. The van der Waals surface area contributed by atoms with Crippen molar-refractivity contribution in [3.63, 3.8) is 0 Å². The third-order valence-corrected chi connectivity index (χ3v) is 11.7. The number of hydrogen-bond donors (Lipinski definition) is 0. The largest absolute Gasteiger partial charge is 0.457 e. The molecule has 0 fully saturated rings. The van der Waals surface area contributed by atoms with Crippen molar-refractivity contribution in [1.29, 1.82) is 0 Å². The first-order chi connectivity index (χ1) is 28.7. The molecule has 1 aliphatic carbocycles. The minimum atomic E-state index is -0.623. The van der Waals surface area contributed by atoms with Crippen LogP contribution >= 0.6 is 0 Å². The lowest BCUT2D eigenvalue weighted by Crippen LogP contribution is -2.32. The van der Waals surface area contributed by atoms with Crippen LogP contribution in [0.1, 0.15) is 22.3 Å². The summed E-state index contributed by atoms with van der Waals surface area (Å²) >= 11 is 0. The minimum absolute atomic E-state index is 0.601. The molecule has 0 unspecified atom stereocenters. The molecule has 1 aliphatic heterocycles. The second-order valence-corrected chi connectivity index (χ2v) is 14.9. The second kappa shape index (κ2) is 12.6. The van der Waals surface area contributed by atoms with E-state index in [0.717, 1.165) is 78.0 Å². The van der Waals surface area contributed by atoms with Gasteiger partial charge in [-0.25, -0.2) is 19.9 Å². The third kappa shape index (κ3) is 4.77. The molecule has 3 heterocycles. The maximum atomic E-state index is 6.61. The molecule has 8 aromatic carbocycles. The summed E-state index contributed by atoms with van der Waals surface area (Å²) in [5.41, 5.74) is 10.7. The summed E-state index contributed by atoms with van der Waals surface area (Å²) in [5.74, 6) is 3.57. The van der Waals surface area contributed by atoms with E-state index in [-0.39, 0.29) is 0 Å². The van der Waals surface area contributed by atoms with Crippen molar-refractivity contribution >= 4 is 21.5 Å². The van der Waals surface area contributed by atoms with E-state index in [0.29, 0.717) is 17.5 Å². The van der Waals surface area contributed by atoms with E-state index in [1.54, 1.807) is 0 Å². The molecule has 0 saturated carbocycles. The van der Waals surface area contributed by atoms with Crippen LogP contribution in [-0.2, 0) is 5.41 Å². The number of fused-ring (bicyclic) bond motifs is 12. The van der Waals surface area contributed by atoms with Gasteiger partial charge in [0, 0.05) is 49.9 Å². The summed E-state index contributed by atoms with van der Waals surface area (Å²) in [4.78, 5) is 20.9. The Morgan fingerprint density at radius 2 is 0.897 bits per heavy atom. The Kier molecular flexibility index (Phi) is 7.07. The lowest BCUT2D eigenvalue weighted by Gasteiger charge is -2.39. The Labute approximate surface area is 335 Å². The highest BCUT2D eigenvalue weighted by atomic mass is 16.5. The molecule has 58 heavy (non-hydrogen) atoms. The number of para-hydroxylation sites is 2. The van der Waals surface area contributed by atoms with E-state index in [4.69, 9.17) is 24.7 Å². The van der Waals surface area contributed by atoms with Gasteiger partial charge >= 0.3 is 0 Å². The normalized spacial score (nSPS) is 13.1. The molecule has 0 radical (unpaired) electrons. The van der Waals surface area contributed by atoms with Gasteiger partial charge in [-0.3, -0.25) is 0 Å². The topological polar surface area (TPSA) is 60.8 Å². The summed E-state index contributed by atoms with van der Waals surface area (Å²) in [7, 11) is 0. The predicted molar refractivity (Wildman–Crippen MR) is 232 cm³/mol. The number of hydrogen-bond acceptors (Lipinski definition) is 5. The first-order valence-corrected chi connectivity index (χ1v) is 19.6. The van der Waals surface area contributed by atoms with Crippen LogP contribution in [0.25, 0.3) is 78.2 Å². The molecule has 10 aromatic rings. The first-order valence-electron chi connectivity index (χ1n) is 19.6. The van der Waals surface area contributed by atoms with Crippen molar-refractivity contribution in [2.45, 2.75) is 5.41 Å². The fourth-order valence-electron chi connectivity index (χ4n) is 9.25. The molecule has 12 rings (SSSR count). The molecule has 0 bridgehead atoms. The van der Waals surface area contributed by atoms with E-state index in [9.17, 15) is 0 Å². The van der Waals surface area contributed by atoms with Crippen LogP contribution in [0.15, 0.2) is 194 Å². The van der Waals surface area contributed by atoms with E-state index in [1.807, 2.05) is 30.3 Å². The monoisotopic (exact) mass is 740 g/mol. The highest BCUT2D eigenvalue weighted by Gasteiger charge is 2.52. The fourth-order valence-corrected chi connectivity index (χ4v) is 9.25. The fraction of sp³-hybridized carbons (Fsp3) is 0.0189.